The third-order valence-electron chi connectivity index (χ3n) is 4.27. The third-order valence-corrected chi connectivity index (χ3v) is 4.50. The van der Waals surface area contributed by atoms with E-state index in [0.29, 0.717) is 13.1 Å². The van der Waals surface area contributed by atoms with E-state index < -0.39 is 0 Å². The first-order chi connectivity index (χ1) is 11.7. The Labute approximate surface area is 146 Å². The maximum atomic E-state index is 12.1. The van der Waals surface area contributed by atoms with Gasteiger partial charge >= 0.3 is 6.03 Å². The van der Waals surface area contributed by atoms with E-state index in [1.165, 1.54) is 12.8 Å². The van der Waals surface area contributed by atoms with Gasteiger partial charge in [0.25, 0.3) is 0 Å². The van der Waals surface area contributed by atoms with Crippen LogP contribution in [0.2, 0.25) is 5.02 Å². The zero-order valence-corrected chi connectivity index (χ0v) is 14.2. The smallest absolute Gasteiger partial charge is 0.315 e. The van der Waals surface area contributed by atoms with Gasteiger partial charge in [0.05, 0.1) is 18.3 Å². The lowest BCUT2D eigenvalue weighted by Crippen LogP contribution is -2.41. The van der Waals surface area contributed by atoms with Crippen molar-refractivity contribution in [2.75, 3.05) is 19.6 Å². The fourth-order valence-corrected chi connectivity index (χ4v) is 3.23. The average Bonchev–Trinajstić information content (AvgIpc) is 3.27. The number of carbonyl (C=O) groups is 1. The van der Waals surface area contributed by atoms with Crippen molar-refractivity contribution in [3.05, 3.63) is 52.8 Å². The molecule has 2 aromatic rings. The normalized spacial score (nSPS) is 16.0. The van der Waals surface area contributed by atoms with Crippen molar-refractivity contribution >= 4 is 17.6 Å². The molecule has 128 valence electrons. The highest BCUT2D eigenvalue weighted by Gasteiger charge is 2.24. The van der Waals surface area contributed by atoms with Gasteiger partial charge in [0, 0.05) is 17.8 Å². The summed E-state index contributed by atoms with van der Waals surface area (Å²) in [6.45, 7) is 3.08. The van der Waals surface area contributed by atoms with Gasteiger partial charge in [0.1, 0.15) is 0 Å². The Bertz CT molecular complexity index is 655. The predicted octanol–water partition coefficient (Wildman–Crippen LogP) is 2.70. The number of amides is 2. The van der Waals surface area contributed by atoms with E-state index in [1.807, 2.05) is 24.3 Å². The van der Waals surface area contributed by atoms with E-state index in [-0.39, 0.29) is 12.1 Å². The van der Waals surface area contributed by atoms with Crippen LogP contribution in [0.5, 0.6) is 0 Å². The second-order valence-electron chi connectivity index (χ2n) is 5.96. The molecule has 0 aliphatic carbocycles. The van der Waals surface area contributed by atoms with Gasteiger partial charge in [-0.1, -0.05) is 23.7 Å². The monoisotopic (exact) mass is 347 g/mol. The van der Waals surface area contributed by atoms with Gasteiger partial charge in [-0.25, -0.2) is 4.79 Å². The number of nitrogens with zero attached hydrogens (tertiary/aromatic N) is 2. The number of urea groups is 1. The highest BCUT2D eigenvalue weighted by atomic mass is 35.5. The largest absolute Gasteiger partial charge is 0.336 e. The lowest BCUT2D eigenvalue weighted by molar-refractivity contribution is 0.220. The molecule has 1 atom stereocenters. The summed E-state index contributed by atoms with van der Waals surface area (Å²) in [5.74, 6) is 0. The summed E-state index contributed by atoms with van der Waals surface area (Å²) in [6, 6.07) is 9.67. The molecule has 2 amide bonds. The van der Waals surface area contributed by atoms with E-state index in [0.717, 1.165) is 29.4 Å². The summed E-state index contributed by atoms with van der Waals surface area (Å²) in [6.07, 6.45) is 4.06. The van der Waals surface area contributed by atoms with E-state index in [2.05, 4.69) is 31.8 Å². The first-order valence-corrected chi connectivity index (χ1v) is 8.59. The second kappa shape index (κ2) is 8.17. The maximum absolute atomic E-state index is 12.1. The molecule has 1 saturated heterocycles. The molecule has 0 radical (unpaired) electrons. The van der Waals surface area contributed by atoms with Crippen LogP contribution in [0, 0.1) is 0 Å². The first kappa shape index (κ1) is 16.8. The predicted molar refractivity (Wildman–Crippen MR) is 93.8 cm³/mol. The van der Waals surface area contributed by atoms with Crippen LogP contribution in [0.3, 0.4) is 0 Å². The lowest BCUT2D eigenvalue weighted by Gasteiger charge is -2.28. The van der Waals surface area contributed by atoms with Crippen molar-refractivity contribution in [3.8, 4) is 0 Å². The summed E-state index contributed by atoms with van der Waals surface area (Å²) < 4.78 is 0. The SMILES string of the molecule is O=C(NCc1ccn[nH]1)NC[C@@H](c1cccc(Cl)c1)N1CCCC1. The highest BCUT2D eigenvalue weighted by Crippen LogP contribution is 2.26. The van der Waals surface area contributed by atoms with Crippen LogP contribution >= 0.6 is 11.6 Å². The molecule has 0 saturated carbocycles. The summed E-state index contributed by atoms with van der Waals surface area (Å²) in [7, 11) is 0. The molecule has 0 bridgehead atoms. The van der Waals surface area contributed by atoms with Gasteiger partial charge in [0.15, 0.2) is 0 Å². The minimum Gasteiger partial charge on any atom is -0.336 e. The number of aromatic nitrogens is 2. The van der Waals surface area contributed by atoms with Crippen molar-refractivity contribution in [2.45, 2.75) is 25.4 Å². The number of likely N-dealkylation sites (tertiary alicyclic amines) is 1. The maximum Gasteiger partial charge on any atom is 0.315 e. The molecule has 7 heteroatoms. The Morgan fingerprint density at radius 1 is 1.29 bits per heavy atom. The fourth-order valence-electron chi connectivity index (χ4n) is 3.04. The van der Waals surface area contributed by atoms with Crippen LogP contribution in [-0.2, 0) is 6.54 Å². The van der Waals surface area contributed by atoms with Gasteiger partial charge in [-0.3, -0.25) is 10.00 Å². The fraction of sp³-hybridized carbons (Fsp3) is 0.412. The Morgan fingerprint density at radius 3 is 2.83 bits per heavy atom. The minimum atomic E-state index is -0.184. The van der Waals surface area contributed by atoms with Gasteiger partial charge in [-0.2, -0.15) is 5.10 Å². The summed E-state index contributed by atoms with van der Waals surface area (Å²) in [5.41, 5.74) is 2.01. The number of nitrogens with one attached hydrogen (secondary N) is 3. The average molecular weight is 348 g/mol. The molecule has 1 fully saturated rings. The number of H-pyrrole nitrogens is 1. The number of rotatable bonds is 6. The molecule has 0 unspecified atom stereocenters. The second-order valence-corrected chi connectivity index (χ2v) is 6.40. The molecule has 1 aliphatic heterocycles. The molecular formula is C17H22ClN5O. The number of carbonyl (C=O) groups excluding carboxylic acids is 1. The van der Waals surface area contributed by atoms with E-state index >= 15 is 0 Å². The van der Waals surface area contributed by atoms with Crippen molar-refractivity contribution < 1.29 is 4.79 Å². The Balaban J connectivity index is 1.58. The van der Waals surface area contributed by atoms with Crippen LogP contribution < -0.4 is 10.6 Å². The number of aromatic amines is 1. The zero-order valence-electron chi connectivity index (χ0n) is 13.5. The molecule has 24 heavy (non-hydrogen) atoms. The van der Waals surface area contributed by atoms with Crippen LogP contribution in [0.15, 0.2) is 36.5 Å². The first-order valence-electron chi connectivity index (χ1n) is 8.22. The molecule has 1 aromatic carbocycles. The molecule has 1 aromatic heterocycles. The van der Waals surface area contributed by atoms with Crippen molar-refractivity contribution in [3.63, 3.8) is 0 Å². The van der Waals surface area contributed by atoms with Gasteiger partial charge in [-0.15, -0.1) is 0 Å². The van der Waals surface area contributed by atoms with E-state index in [9.17, 15) is 4.79 Å². The van der Waals surface area contributed by atoms with Crippen LogP contribution in [0.1, 0.15) is 30.1 Å². The molecular weight excluding hydrogens is 326 g/mol. The third kappa shape index (κ3) is 4.49. The van der Waals surface area contributed by atoms with Crippen LogP contribution in [0.25, 0.3) is 0 Å². The number of benzene rings is 1. The van der Waals surface area contributed by atoms with Gasteiger partial charge < -0.3 is 10.6 Å². The molecule has 6 nitrogen and oxygen atoms in total. The molecule has 2 heterocycles. The Morgan fingerprint density at radius 2 is 2.12 bits per heavy atom. The standard InChI is InChI=1S/C17H22ClN5O/c18-14-5-3-4-13(10-14)16(23-8-1-2-9-23)12-20-17(24)19-11-15-6-7-21-22-15/h3-7,10,16H,1-2,8-9,11-12H2,(H,21,22)(H2,19,20,24)/t16-/m0/s1. The molecule has 3 N–H and O–H groups in total. The van der Waals surface area contributed by atoms with Gasteiger partial charge in [-0.05, 0) is 49.7 Å². The highest BCUT2D eigenvalue weighted by molar-refractivity contribution is 6.30. The summed E-state index contributed by atoms with van der Waals surface area (Å²) in [4.78, 5) is 14.5. The van der Waals surface area contributed by atoms with Crippen LogP contribution in [0.4, 0.5) is 4.79 Å². The van der Waals surface area contributed by atoms with E-state index in [1.54, 1.807) is 6.20 Å². The quantitative estimate of drug-likeness (QED) is 0.752. The number of halogens is 1. The summed E-state index contributed by atoms with van der Waals surface area (Å²) >= 11 is 6.14. The Hall–Kier alpha value is -2.05. The summed E-state index contributed by atoms with van der Waals surface area (Å²) in [5, 5.41) is 13.2. The van der Waals surface area contributed by atoms with Crippen LogP contribution in [-0.4, -0.2) is 40.8 Å². The van der Waals surface area contributed by atoms with Gasteiger partial charge in [0.2, 0.25) is 0 Å². The minimum absolute atomic E-state index is 0.143. The van der Waals surface area contributed by atoms with Crippen molar-refractivity contribution in [1.29, 1.82) is 0 Å². The van der Waals surface area contributed by atoms with E-state index in [4.69, 9.17) is 11.6 Å². The zero-order chi connectivity index (χ0) is 16.8. The topological polar surface area (TPSA) is 73.0 Å². The number of hydrogen-bond acceptors (Lipinski definition) is 3. The van der Waals surface area contributed by atoms with Crippen molar-refractivity contribution in [2.24, 2.45) is 0 Å². The molecule has 0 spiro atoms. The molecule has 1 aliphatic rings. The van der Waals surface area contributed by atoms with Crippen molar-refractivity contribution in [1.82, 2.24) is 25.7 Å². The number of hydrogen-bond donors (Lipinski definition) is 3. The Kier molecular flexibility index (Phi) is 5.72. The molecule has 3 rings (SSSR count). The lowest BCUT2D eigenvalue weighted by atomic mass is 10.1.